The molecule has 0 aliphatic rings. The second kappa shape index (κ2) is 13.2. The van der Waals surface area contributed by atoms with Crippen molar-refractivity contribution in [3.63, 3.8) is 0 Å². The average Bonchev–Trinajstić information content (AvgIpc) is 2.53. The minimum Gasteiger partial charge on any atom is -0.370 e. The lowest BCUT2D eigenvalue weighted by Gasteiger charge is -2.29. The van der Waals surface area contributed by atoms with Crippen LogP contribution in [0.4, 0.5) is 0 Å². The predicted molar refractivity (Wildman–Crippen MR) is 101 cm³/mol. The Balaban J connectivity index is 4.75. The summed E-state index contributed by atoms with van der Waals surface area (Å²) in [7, 11) is -2.96. The fourth-order valence-corrected chi connectivity index (χ4v) is 5.51. The minimum atomic E-state index is -2.96. The number of rotatable bonds is 15. The molecule has 0 amide bonds. The molecule has 0 N–H and O–H groups in total. The molecule has 0 saturated heterocycles. The molecule has 6 heteroatoms. The molecule has 0 aliphatic heterocycles. The first-order valence-electron chi connectivity index (χ1n) is 8.98. The van der Waals surface area contributed by atoms with Crippen molar-refractivity contribution in [1.82, 2.24) is 0 Å². The van der Waals surface area contributed by atoms with Crippen LogP contribution in [0, 0.1) is 5.92 Å². The standard InChI is InChI=1S/C17H34O4SSi/c1-6-11-12-15(7-2)16(18)13-14-17(22)23(19-8-3,20-9-4)21-10-5/h15H,6-14H2,1-5H3. The van der Waals surface area contributed by atoms with Crippen molar-refractivity contribution >= 4 is 31.3 Å². The van der Waals surface area contributed by atoms with Gasteiger partial charge in [0.1, 0.15) is 5.78 Å². The Hall–Kier alpha value is -0.143. The highest BCUT2D eigenvalue weighted by Gasteiger charge is 2.45. The van der Waals surface area contributed by atoms with Gasteiger partial charge in [-0.15, -0.1) is 0 Å². The molecule has 0 saturated carbocycles. The van der Waals surface area contributed by atoms with Crippen LogP contribution in [0.1, 0.15) is 73.1 Å². The van der Waals surface area contributed by atoms with Crippen LogP contribution in [0.5, 0.6) is 0 Å². The highest BCUT2D eigenvalue weighted by molar-refractivity contribution is 7.84. The molecule has 1 unspecified atom stereocenters. The van der Waals surface area contributed by atoms with E-state index in [0.29, 0.717) is 42.9 Å². The summed E-state index contributed by atoms with van der Waals surface area (Å²) in [6.07, 6.45) is 5.08. The van der Waals surface area contributed by atoms with Gasteiger partial charge in [-0.05, 0) is 40.0 Å². The molecule has 0 spiro atoms. The molecule has 0 radical (unpaired) electrons. The highest BCUT2D eigenvalue weighted by Crippen LogP contribution is 2.20. The number of thiocarbonyl (C=S) groups is 1. The minimum absolute atomic E-state index is 0.153. The number of unbranched alkanes of at least 4 members (excludes halogenated alkanes) is 1. The van der Waals surface area contributed by atoms with Crippen LogP contribution >= 0.6 is 12.2 Å². The Bertz CT molecular complexity index is 332. The Morgan fingerprint density at radius 3 is 1.87 bits per heavy atom. The number of Topliss-reactive ketones (excluding diaryl/α,β-unsaturated/α-hetero) is 1. The van der Waals surface area contributed by atoms with E-state index in [9.17, 15) is 4.79 Å². The van der Waals surface area contributed by atoms with E-state index in [4.69, 9.17) is 25.5 Å². The van der Waals surface area contributed by atoms with Gasteiger partial charge in [0.25, 0.3) is 0 Å². The van der Waals surface area contributed by atoms with E-state index >= 15 is 0 Å². The summed E-state index contributed by atoms with van der Waals surface area (Å²) >= 11 is 5.55. The fourth-order valence-electron chi connectivity index (χ4n) is 2.57. The average molecular weight is 363 g/mol. The van der Waals surface area contributed by atoms with Crippen LogP contribution < -0.4 is 0 Å². The summed E-state index contributed by atoms with van der Waals surface area (Å²) in [5, 5.41) is 0. The number of carbonyl (C=O) groups excluding carboxylic acids is 1. The SMILES string of the molecule is CCCCC(CC)C(=O)CCC(=S)[Si](OCC)(OCC)OCC. The molecule has 0 aromatic rings. The molecule has 0 aromatic heterocycles. The van der Waals surface area contributed by atoms with Crippen LogP contribution in [0.2, 0.25) is 0 Å². The predicted octanol–water partition coefficient (Wildman–Crippen LogP) is 4.51. The van der Waals surface area contributed by atoms with Crippen molar-refractivity contribution in [2.24, 2.45) is 5.92 Å². The zero-order valence-electron chi connectivity index (χ0n) is 15.5. The van der Waals surface area contributed by atoms with Crippen molar-refractivity contribution in [3.05, 3.63) is 0 Å². The third-order valence-electron chi connectivity index (χ3n) is 3.80. The molecule has 0 aliphatic carbocycles. The van der Waals surface area contributed by atoms with E-state index in [1.54, 1.807) is 0 Å². The van der Waals surface area contributed by atoms with E-state index in [-0.39, 0.29) is 5.92 Å². The number of hydrogen-bond donors (Lipinski definition) is 0. The van der Waals surface area contributed by atoms with Gasteiger partial charge in [-0.25, -0.2) is 0 Å². The van der Waals surface area contributed by atoms with Gasteiger partial charge in [-0.3, -0.25) is 4.79 Å². The third-order valence-corrected chi connectivity index (χ3v) is 7.69. The monoisotopic (exact) mass is 362 g/mol. The van der Waals surface area contributed by atoms with Crippen molar-refractivity contribution < 1.29 is 18.1 Å². The van der Waals surface area contributed by atoms with E-state index in [1.165, 1.54) is 0 Å². The van der Waals surface area contributed by atoms with E-state index in [1.807, 2.05) is 20.8 Å². The zero-order chi connectivity index (χ0) is 17.7. The fraction of sp³-hybridized carbons (Fsp3) is 0.882. The topological polar surface area (TPSA) is 44.8 Å². The molecule has 0 heterocycles. The molecule has 0 bridgehead atoms. The number of hydrogen-bond acceptors (Lipinski definition) is 5. The summed E-state index contributed by atoms with van der Waals surface area (Å²) in [4.78, 5) is 12.4. The van der Waals surface area contributed by atoms with E-state index in [2.05, 4.69) is 13.8 Å². The van der Waals surface area contributed by atoms with Gasteiger partial charge in [0.05, 0.1) is 4.49 Å². The van der Waals surface area contributed by atoms with Crippen molar-refractivity contribution in [2.75, 3.05) is 19.8 Å². The molecule has 0 rings (SSSR count). The maximum atomic E-state index is 12.4. The van der Waals surface area contributed by atoms with Gasteiger partial charge in [-0.1, -0.05) is 38.9 Å². The number of carbonyl (C=O) groups is 1. The van der Waals surface area contributed by atoms with Crippen LogP contribution in [0.25, 0.3) is 0 Å². The van der Waals surface area contributed by atoms with Gasteiger partial charge in [0.2, 0.25) is 0 Å². The second-order valence-corrected chi connectivity index (χ2v) is 8.93. The van der Waals surface area contributed by atoms with Gasteiger partial charge in [-0.2, -0.15) is 0 Å². The zero-order valence-corrected chi connectivity index (χ0v) is 17.3. The Morgan fingerprint density at radius 1 is 0.957 bits per heavy atom. The highest BCUT2D eigenvalue weighted by atomic mass is 32.1. The second-order valence-electron chi connectivity index (χ2n) is 5.49. The first-order chi connectivity index (χ1) is 11.0. The van der Waals surface area contributed by atoms with Gasteiger partial charge < -0.3 is 13.3 Å². The van der Waals surface area contributed by atoms with Crippen LogP contribution in [0.3, 0.4) is 0 Å². The molecule has 0 aromatic carbocycles. The maximum Gasteiger partial charge on any atom is 0.544 e. The van der Waals surface area contributed by atoms with Crippen molar-refractivity contribution in [3.8, 4) is 0 Å². The van der Waals surface area contributed by atoms with Gasteiger partial charge in [0.15, 0.2) is 0 Å². The third kappa shape index (κ3) is 7.98. The van der Waals surface area contributed by atoms with Crippen LogP contribution in [-0.2, 0) is 18.1 Å². The van der Waals surface area contributed by atoms with Gasteiger partial charge in [0, 0.05) is 32.2 Å². The lowest BCUT2D eigenvalue weighted by molar-refractivity contribution is -0.123. The molecule has 136 valence electrons. The summed E-state index contributed by atoms with van der Waals surface area (Å²) in [6, 6.07) is 0. The largest absolute Gasteiger partial charge is 0.544 e. The Labute approximate surface area is 148 Å². The first-order valence-corrected chi connectivity index (χ1v) is 11.1. The summed E-state index contributed by atoms with van der Waals surface area (Å²) in [5.74, 6) is 0.454. The maximum absolute atomic E-state index is 12.4. The normalized spacial score (nSPS) is 13.1. The Morgan fingerprint density at radius 2 is 1.48 bits per heavy atom. The van der Waals surface area contributed by atoms with Crippen LogP contribution in [0.15, 0.2) is 0 Å². The van der Waals surface area contributed by atoms with E-state index < -0.39 is 8.80 Å². The first kappa shape index (κ1) is 22.9. The smallest absolute Gasteiger partial charge is 0.370 e. The number of ketones is 1. The molecule has 1 atom stereocenters. The molecule has 0 fully saturated rings. The van der Waals surface area contributed by atoms with Crippen LogP contribution in [-0.4, -0.2) is 38.9 Å². The lowest BCUT2D eigenvalue weighted by atomic mass is 9.92. The lowest BCUT2D eigenvalue weighted by Crippen LogP contribution is -2.53. The summed E-state index contributed by atoms with van der Waals surface area (Å²) < 4.78 is 18.0. The Kier molecular flexibility index (Phi) is 13.1. The van der Waals surface area contributed by atoms with Gasteiger partial charge >= 0.3 is 8.80 Å². The van der Waals surface area contributed by atoms with Crippen molar-refractivity contribution in [1.29, 1.82) is 0 Å². The molecular weight excluding hydrogens is 328 g/mol. The summed E-state index contributed by atoms with van der Waals surface area (Å²) in [5.41, 5.74) is 0. The molecule has 23 heavy (non-hydrogen) atoms. The molecular formula is C17H34O4SSi. The van der Waals surface area contributed by atoms with Crippen molar-refractivity contribution in [2.45, 2.75) is 73.1 Å². The summed E-state index contributed by atoms with van der Waals surface area (Å²) in [6.45, 7) is 11.4. The molecule has 4 nitrogen and oxygen atoms in total. The quantitative estimate of drug-likeness (QED) is 0.317. The van der Waals surface area contributed by atoms with E-state index in [0.717, 1.165) is 25.7 Å².